The van der Waals surface area contributed by atoms with Crippen LogP contribution in [0.2, 0.25) is 10.2 Å². The summed E-state index contributed by atoms with van der Waals surface area (Å²) < 4.78 is 39.6. The Kier molecular flexibility index (Phi) is 4.17. The van der Waals surface area contributed by atoms with Crippen molar-refractivity contribution >= 4 is 38.9 Å². The van der Waals surface area contributed by atoms with Gasteiger partial charge in [0.15, 0.2) is 0 Å². The van der Waals surface area contributed by atoms with E-state index in [9.17, 15) is 12.8 Å². The van der Waals surface area contributed by atoms with E-state index in [0.717, 1.165) is 12.3 Å². The van der Waals surface area contributed by atoms with Crippen LogP contribution >= 0.6 is 23.2 Å². The lowest BCUT2D eigenvalue weighted by Gasteiger charge is -2.10. The van der Waals surface area contributed by atoms with Gasteiger partial charge in [0.1, 0.15) is 15.9 Å². The quantitative estimate of drug-likeness (QED) is 0.872. The van der Waals surface area contributed by atoms with Crippen LogP contribution in [0.4, 0.5) is 10.1 Å². The van der Waals surface area contributed by atoms with Gasteiger partial charge >= 0.3 is 0 Å². The van der Waals surface area contributed by atoms with Gasteiger partial charge in [0, 0.05) is 6.20 Å². The SMILES string of the molecule is Cc1cc(F)ccc1NS(=O)(=O)c1cnc(Cl)c(Cl)c1. The first-order valence-corrected chi connectivity index (χ1v) is 7.63. The molecule has 0 aliphatic carbocycles. The summed E-state index contributed by atoms with van der Waals surface area (Å²) in [4.78, 5) is 3.55. The van der Waals surface area contributed by atoms with Gasteiger partial charge in [0.25, 0.3) is 10.0 Å². The minimum Gasteiger partial charge on any atom is -0.279 e. The highest BCUT2D eigenvalue weighted by Crippen LogP contribution is 2.24. The van der Waals surface area contributed by atoms with E-state index in [4.69, 9.17) is 23.2 Å². The zero-order chi connectivity index (χ0) is 14.9. The van der Waals surface area contributed by atoms with Crippen LogP contribution in [-0.4, -0.2) is 13.4 Å². The number of aryl methyl sites for hydroxylation is 1. The van der Waals surface area contributed by atoms with Crippen LogP contribution in [0, 0.1) is 12.7 Å². The van der Waals surface area contributed by atoms with Crippen molar-refractivity contribution in [3.63, 3.8) is 0 Å². The second-order valence-electron chi connectivity index (χ2n) is 4.01. The van der Waals surface area contributed by atoms with Gasteiger partial charge in [-0.3, -0.25) is 4.72 Å². The van der Waals surface area contributed by atoms with E-state index in [0.29, 0.717) is 5.56 Å². The third-order valence-electron chi connectivity index (χ3n) is 2.51. The number of sulfonamides is 1. The van der Waals surface area contributed by atoms with E-state index < -0.39 is 15.8 Å². The number of nitrogens with one attached hydrogen (secondary N) is 1. The summed E-state index contributed by atoms with van der Waals surface area (Å²) in [5.41, 5.74) is 0.735. The number of anilines is 1. The summed E-state index contributed by atoms with van der Waals surface area (Å²) in [6, 6.07) is 4.92. The summed E-state index contributed by atoms with van der Waals surface area (Å²) in [6.07, 6.45) is 1.09. The Hall–Kier alpha value is -1.37. The summed E-state index contributed by atoms with van der Waals surface area (Å²) in [6.45, 7) is 1.59. The first-order chi connectivity index (χ1) is 9.29. The molecule has 1 N–H and O–H groups in total. The second kappa shape index (κ2) is 5.55. The largest absolute Gasteiger partial charge is 0.279 e. The minimum absolute atomic E-state index is 0.0172. The topological polar surface area (TPSA) is 59.1 Å². The lowest BCUT2D eigenvalue weighted by atomic mass is 10.2. The highest BCUT2D eigenvalue weighted by Gasteiger charge is 2.17. The highest BCUT2D eigenvalue weighted by atomic mass is 35.5. The van der Waals surface area contributed by atoms with Crippen molar-refractivity contribution in [2.75, 3.05) is 4.72 Å². The fourth-order valence-corrected chi connectivity index (χ4v) is 2.93. The van der Waals surface area contributed by atoms with Crippen molar-refractivity contribution in [1.29, 1.82) is 0 Å². The summed E-state index contributed by atoms with van der Waals surface area (Å²) in [5, 5.41) is 0.0500. The second-order valence-corrected chi connectivity index (χ2v) is 6.46. The molecule has 0 unspecified atom stereocenters. The van der Waals surface area contributed by atoms with E-state index in [1.807, 2.05) is 0 Å². The molecule has 8 heteroatoms. The molecule has 1 aromatic carbocycles. The third kappa shape index (κ3) is 3.20. The van der Waals surface area contributed by atoms with Crippen molar-refractivity contribution in [3.05, 3.63) is 52.0 Å². The third-order valence-corrected chi connectivity index (χ3v) is 4.53. The summed E-state index contributed by atoms with van der Waals surface area (Å²) in [7, 11) is -3.87. The molecule has 1 heterocycles. The molecule has 0 aliphatic heterocycles. The lowest BCUT2D eigenvalue weighted by Crippen LogP contribution is -2.14. The monoisotopic (exact) mass is 334 g/mol. The Morgan fingerprint density at radius 2 is 1.95 bits per heavy atom. The molecule has 0 radical (unpaired) electrons. The molecule has 1 aromatic heterocycles. The lowest BCUT2D eigenvalue weighted by molar-refractivity contribution is 0.600. The number of aromatic nitrogens is 1. The van der Waals surface area contributed by atoms with Gasteiger partial charge in [-0.25, -0.2) is 17.8 Å². The van der Waals surface area contributed by atoms with E-state index in [1.54, 1.807) is 6.92 Å². The fraction of sp³-hybridized carbons (Fsp3) is 0.0833. The van der Waals surface area contributed by atoms with Crippen LogP contribution in [-0.2, 0) is 10.0 Å². The Morgan fingerprint density at radius 3 is 2.55 bits per heavy atom. The van der Waals surface area contributed by atoms with E-state index in [2.05, 4.69) is 9.71 Å². The van der Waals surface area contributed by atoms with Crippen molar-refractivity contribution < 1.29 is 12.8 Å². The molecule has 0 atom stereocenters. The molecule has 106 valence electrons. The average Bonchev–Trinajstić information content (AvgIpc) is 2.36. The molecular weight excluding hydrogens is 326 g/mol. The molecular formula is C12H9Cl2FN2O2S. The molecule has 0 aliphatic rings. The van der Waals surface area contributed by atoms with Crippen LogP contribution < -0.4 is 4.72 Å². The normalized spacial score (nSPS) is 11.4. The maximum absolute atomic E-state index is 13.0. The van der Waals surface area contributed by atoms with Gasteiger partial charge in [-0.15, -0.1) is 0 Å². The molecule has 0 bridgehead atoms. The minimum atomic E-state index is -3.87. The van der Waals surface area contributed by atoms with Gasteiger partial charge in [-0.2, -0.15) is 0 Å². The zero-order valence-corrected chi connectivity index (χ0v) is 12.5. The summed E-state index contributed by atoms with van der Waals surface area (Å²) in [5.74, 6) is -0.443. The molecule has 2 rings (SSSR count). The number of hydrogen-bond acceptors (Lipinski definition) is 3. The van der Waals surface area contributed by atoms with Gasteiger partial charge < -0.3 is 0 Å². The first-order valence-electron chi connectivity index (χ1n) is 5.39. The maximum Gasteiger partial charge on any atom is 0.263 e. The van der Waals surface area contributed by atoms with Crippen molar-refractivity contribution in [3.8, 4) is 0 Å². The first kappa shape index (κ1) is 15.0. The number of hydrogen-bond donors (Lipinski definition) is 1. The van der Waals surface area contributed by atoms with E-state index in [-0.39, 0.29) is 20.8 Å². The van der Waals surface area contributed by atoms with Gasteiger partial charge in [-0.1, -0.05) is 23.2 Å². The van der Waals surface area contributed by atoms with Gasteiger partial charge in [0.05, 0.1) is 10.7 Å². The van der Waals surface area contributed by atoms with Gasteiger partial charge in [0.2, 0.25) is 0 Å². The van der Waals surface area contributed by atoms with Crippen LogP contribution in [0.1, 0.15) is 5.56 Å². The van der Waals surface area contributed by atoms with E-state index >= 15 is 0 Å². The molecule has 20 heavy (non-hydrogen) atoms. The molecule has 0 saturated carbocycles. The smallest absolute Gasteiger partial charge is 0.263 e. The van der Waals surface area contributed by atoms with Crippen LogP contribution in [0.3, 0.4) is 0 Å². The number of halogens is 3. The molecule has 4 nitrogen and oxygen atoms in total. The Labute approximate surface area is 125 Å². The fourth-order valence-electron chi connectivity index (χ4n) is 1.50. The standard InChI is InChI=1S/C12H9Cl2FN2O2S/c1-7-4-8(15)2-3-11(7)17-20(18,19)9-5-10(13)12(14)16-6-9/h2-6,17H,1H3. The predicted octanol–water partition coefficient (Wildman–Crippen LogP) is 3.64. The Bertz CT molecular complexity index is 766. The molecule has 0 fully saturated rings. The predicted molar refractivity (Wildman–Crippen MR) is 76.2 cm³/mol. The highest BCUT2D eigenvalue weighted by molar-refractivity contribution is 7.92. The number of benzene rings is 1. The maximum atomic E-state index is 13.0. The summed E-state index contributed by atoms with van der Waals surface area (Å²) >= 11 is 11.4. The van der Waals surface area contributed by atoms with Crippen LogP contribution in [0.25, 0.3) is 0 Å². The zero-order valence-electron chi connectivity index (χ0n) is 10.2. The van der Waals surface area contributed by atoms with Crippen LogP contribution in [0.15, 0.2) is 35.4 Å². The molecule has 0 spiro atoms. The number of pyridine rings is 1. The van der Waals surface area contributed by atoms with Crippen molar-refractivity contribution in [2.45, 2.75) is 11.8 Å². The van der Waals surface area contributed by atoms with Crippen molar-refractivity contribution in [1.82, 2.24) is 4.98 Å². The molecule has 0 amide bonds. The van der Waals surface area contributed by atoms with Crippen LogP contribution in [0.5, 0.6) is 0 Å². The van der Waals surface area contributed by atoms with E-state index in [1.165, 1.54) is 18.2 Å². The Balaban J connectivity index is 2.38. The van der Waals surface area contributed by atoms with Gasteiger partial charge in [-0.05, 0) is 36.8 Å². The average molecular weight is 335 g/mol. The molecule has 2 aromatic rings. The Morgan fingerprint density at radius 1 is 1.25 bits per heavy atom. The number of nitrogens with zero attached hydrogens (tertiary/aromatic N) is 1. The molecule has 0 saturated heterocycles. The number of rotatable bonds is 3. The van der Waals surface area contributed by atoms with Crippen molar-refractivity contribution in [2.24, 2.45) is 0 Å².